The molecule has 2 rings (SSSR count). The van der Waals surface area contributed by atoms with Gasteiger partial charge >= 0.3 is 0 Å². The normalized spacial score (nSPS) is 12.2. The number of carbonyl (C=O) groups excluding carboxylic acids is 1. The predicted molar refractivity (Wildman–Crippen MR) is 78.3 cm³/mol. The zero-order chi connectivity index (χ0) is 14.0. The molecule has 19 heavy (non-hydrogen) atoms. The molecule has 4 nitrogen and oxygen atoms in total. The average Bonchev–Trinajstić information content (AvgIpc) is 2.68. The third kappa shape index (κ3) is 3.12. The van der Waals surface area contributed by atoms with Gasteiger partial charge in [0.1, 0.15) is 11.5 Å². The molecule has 5 heteroatoms. The fourth-order valence-electron chi connectivity index (χ4n) is 2.01. The number of aromatic nitrogens is 1. The fourth-order valence-corrected chi connectivity index (χ4v) is 3.03. The van der Waals surface area contributed by atoms with Gasteiger partial charge in [0.05, 0.1) is 6.04 Å². The third-order valence-corrected chi connectivity index (χ3v) is 3.88. The molecule has 0 bridgehead atoms. The van der Waals surface area contributed by atoms with E-state index in [4.69, 9.17) is 5.73 Å². The summed E-state index contributed by atoms with van der Waals surface area (Å²) < 4.78 is 0. The van der Waals surface area contributed by atoms with Crippen LogP contribution < -0.4 is 11.1 Å². The first kappa shape index (κ1) is 13.5. The van der Waals surface area contributed by atoms with Crippen molar-refractivity contribution in [1.29, 1.82) is 0 Å². The highest BCUT2D eigenvalue weighted by Crippen LogP contribution is 2.26. The van der Waals surface area contributed by atoms with Crippen molar-refractivity contribution in [1.82, 2.24) is 10.3 Å². The molecule has 1 unspecified atom stereocenters. The van der Waals surface area contributed by atoms with Crippen molar-refractivity contribution in [2.45, 2.75) is 26.8 Å². The molecule has 0 radical (unpaired) electrons. The molecule has 0 aliphatic heterocycles. The molecule has 0 aliphatic rings. The van der Waals surface area contributed by atoms with E-state index in [9.17, 15) is 4.79 Å². The molecule has 3 N–H and O–H groups in total. The van der Waals surface area contributed by atoms with Crippen molar-refractivity contribution in [2.24, 2.45) is 0 Å². The van der Waals surface area contributed by atoms with Crippen LogP contribution in [0.25, 0.3) is 0 Å². The van der Waals surface area contributed by atoms with Gasteiger partial charge in [-0.3, -0.25) is 4.79 Å². The van der Waals surface area contributed by atoms with Crippen LogP contribution in [0, 0.1) is 13.8 Å². The molecule has 2 aromatic rings. The summed E-state index contributed by atoms with van der Waals surface area (Å²) in [6, 6.07) is 7.11. The summed E-state index contributed by atoms with van der Waals surface area (Å²) in [5.74, 6) is 0.144. The Morgan fingerprint density at radius 2 is 2.16 bits per heavy atom. The zero-order valence-corrected chi connectivity index (χ0v) is 12.0. The second-order valence-electron chi connectivity index (χ2n) is 4.51. The lowest BCUT2D eigenvalue weighted by Gasteiger charge is -2.13. The number of carbonyl (C=O) groups is 1. The van der Waals surface area contributed by atoms with Crippen LogP contribution in [0.1, 0.15) is 38.8 Å². The third-order valence-electron chi connectivity index (χ3n) is 2.90. The van der Waals surface area contributed by atoms with Crippen LogP contribution in [0.15, 0.2) is 24.3 Å². The van der Waals surface area contributed by atoms with Crippen molar-refractivity contribution in [3.05, 3.63) is 45.3 Å². The van der Waals surface area contributed by atoms with E-state index in [1.807, 2.05) is 6.92 Å². The van der Waals surface area contributed by atoms with Crippen molar-refractivity contribution in [3.63, 3.8) is 0 Å². The maximum absolute atomic E-state index is 12.1. The molecule has 2 heterocycles. The van der Waals surface area contributed by atoms with Gasteiger partial charge in [-0.05, 0) is 44.5 Å². The fraction of sp³-hybridized carbons (Fsp3) is 0.286. The monoisotopic (exact) mass is 275 g/mol. The maximum Gasteiger partial charge on any atom is 0.270 e. The van der Waals surface area contributed by atoms with E-state index in [0.29, 0.717) is 11.5 Å². The quantitative estimate of drug-likeness (QED) is 0.905. The van der Waals surface area contributed by atoms with Gasteiger partial charge in [0.2, 0.25) is 0 Å². The Morgan fingerprint density at radius 1 is 1.42 bits per heavy atom. The number of amides is 1. The number of nitrogens with one attached hydrogen (secondary N) is 1. The molecule has 0 aliphatic carbocycles. The van der Waals surface area contributed by atoms with E-state index in [0.717, 1.165) is 5.56 Å². The zero-order valence-electron chi connectivity index (χ0n) is 11.2. The van der Waals surface area contributed by atoms with Gasteiger partial charge < -0.3 is 11.1 Å². The Hall–Kier alpha value is -1.88. The van der Waals surface area contributed by atoms with Gasteiger partial charge in [-0.15, -0.1) is 11.3 Å². The summed E-state index contributed by atoms with van der Waals surface area (Å²) in [7, 11) is 0. The van der Waals surface area contributed by atoms with Crippen LogP contribution in [0.3, 0.4) is 0 Å². The largest absolute Gasteiger partial charge is 0.384 e. The minimum Gasteiger partial charge on any atom is -0.384 e. The van der Waals surface area contributed by atoms with Gasteiger partial charge in [0.25, 0.3) is 5.91 Å². The average molecular weight is 275 g/mol. The molecule has 0 spiro atoms. The minimum absolute atomic E-state index is 0.0410. The molecule has 2 aromatic heterocycles. The number of rotatable bonds is 3. The highest BCUT2D eigenvalue weighted by Gasteiger charge is 2.15. The Morgan fingerprint density at radius 3 is 2.74 bits per heavy atom. The van der Waals surface area contributed by atoms with E-state index >= 15 is 0 Å². The van der Waals surface area contributed by atoms with Crippen LogP contribution in [0.5, 0.6) is 0 Å². The number of nitrogens with zero attached hydrogens (tertiary/aromatic N) is 1. The van der Waals surface area contributed by atoms with E-state index < -0.39 is 0 Å². The Bertz CT molecular complexity index is 606. The van der Waals surface area contributed by atoms with Gasteiger partial charge in [-0.2, -0.15) is 0 Å². The van der Waals surface area contributed by atoms with Gasteiger partial charge in [-0.25, -0.2) is 4.98 Å². The molecule has 0 saturated heterocycles. The standard InChI is InChI=1S/C14H17N3OS/c1-8-7-11(10(3)19-8)9(2)16-14(18)12-5-4-6-13(15)17-12/h4-7,9H,1-3H3,(H2,15,17)(H,16,18). The molecule has 1 atom stereocenters. The predicted octanol–water partition coefficient (Wildman–Crippen LogP) is 2.83. The number of nitrogen functional groups attached to an aromatic ring is 1. The number of pyridine rings is 1. The summed E-state index contributed by atoms with van der Waals surface area (Å²) in [5, 5.41) is 2.94. The summed E-state index contributed by atoms with van der Waals surface area (Å²) in [6.45, 7) is 6.10. The highest BCUT2D eigenvalue weighted by atomic mass is 32.1. The van der Waals surface area contributed by atoms with Gasteiger partial charge in [-0.1, -0.05) is 6.07 Å². The lowest BCUT2D eigenvalue weighted by atomic mass is 10.1. The number of anilines is 1. The van der Waals surface area contributed by atoms with Crippen molar-refractivity contribution >= 4 is 23.1 Å². The Balaban J connectivity index is 2.13. The Labute approximate surface area is 116 Å². The summed E-state index contributed by atoms with van der Waals surface area (Å²) in [5.41, 5.74) is 7.07. The highest BCUT2D eigenvalue weighted by molar-refractivity contribution is 7.12. The van der Waals surface area contributed by atoms with Gasteiger partial charge in [0, 0.05) is 9.75 Å². The summed E-state index contributed by atoms with van der Waals surface area (Å²) >= 11 is 1.74. The number of aryl methyl sites for hydroxylation is 2. The number of hydrogen-bond acceptors (Lipinski definition) is 4. The molecule has 1 amide bonds. The first-order valence-corrected chi connectivity index (χ1v) is 6.89. The molecule has 100 valence electrons. The van der Waals surface area contributed by atoms with Crippen molar-refractivity contribution in [3.8, 4) is 0 Å². The van der Waals surface area contributed by atoms with Crippen LogP contribution >= 0.6 is 11.3 Å². The van der Waals surface area contributed by atoms with Crippen molar-refractivity contribution in [2.75, 3.05) is 5.73 Å². The molecule has 0 aromatic carbocycles. The van der Waals surface area contributed by atoms with Crippen molar-refractivity contribution < 1.29 is 4.79 Å². The number of hydrogen-bond donors (Lipinski definition) is 2. The van der Waals surface area contributed by atoms with E-state index in [-0.39, 0.29) is 11.9 Å². The van der Waals surface area contributed by atoms with Crippen LogP contribution in [-0.4, -0.2) is 10.9 Å². The second-order valence-corrected chi connectivity index (χ2v) is 5.97. The Kier molecular flexibility index (Phi) is 3.85. The smallest absolute Gasteiger partial charge is 0.270 e. The van der Waals surface area contributed by atoms with Crippen LogP contribution in [0.2, 0.25) is 0 Å². The minimum atomic E-state index is -0.206. The molecule has 0 fully saturated rings. The van der Waals surface area contributed by atoms with E-state index in [1.165, 1.54) is 9.75 Å². The SMILES string of the molecule is Cc1cc(C(C)NC(=O)c2cccc(N)n2)c(C)s1. The van der Waals surface area contributed by atoms with E-state index in [1.54, 1.807) is 29.5 Å². The first-order chi connectivity index (χ1) is 8.97. The molecular weight excluding hydrogens is 258 g/mol. The lowest BCUT2D eigenvalue weighted by Crippen LogP contribution is -2.27. The summed E-state index contributed by atoms with van der Waals surface area (Å²) in [4.78, 5) is 18.6. The molecular formula is C14H17N3OS. The maximum atomic E-state index is 12.1. The number of thiophene rings is 1. The lowest BCUT2D eigenvalue weighted by molar-refractivity contribution is 0.0935. The molecule has 0 saturated carbocycles. The summed E-state index contributed by atoms with van der Waals surface area (Å²) in [6.07, 6.45) is 0. The van der Waals surface area contributed by atoms with Gasteiger partial charge in [0.15, 0.2) is 0 Å². The first-order valence-electron chi connectivity index (χ1n) is 6.07. The van der Waals surface area contributed by atoms with E-state index in [2.05, 4.69) is 30.2 Å². The topological polar surface area (TPSA) is 68.0 Å². The van der Waals surface area contributed by atoms with Crippen LogP contribution in [-0.2, 0) is 0 Å². The van der Waals surface area contributed by atoms with Crippen LogP contribution in [0.4, 0.5) is 5.82 Å². The second kappa shape index (κ2) is 5.40. The number of nitrogens with two attached hydrogens (primary N) is 1.